The minimum atomic E-state index is -2.86. The smallest absolute Gasteiger partial charge is 0.252 e. The van der Waals surface area contributed by atoms with Gasteiger partial charge in [-0.1, -0.05) is 11.6 Å². The fourth-order valence-corrected chi connectivity index (χ4v) is 1.17. The highest BCUT2D eigenvalue weighted by Gasteiger charge is 2.19. The number of rotatable bonds is 2. The number of halogens is 4. The highest BCUT2D eigenvalue weighted by molar-refractivity contribution is 6.31. The molecule has 0 radical (unpaired) electrons. The summed E-state index contributed by atoms with van der Waals surface area (Å²) < 4.78 is 37.4. The number of nitriles is 1. The summed E-state index contributed by atoms with van der Waals surface area (Å²) in [6.45, 7) is 0. The van der Waals surface area contributed by atoms with Gasteiger partial charge in [0.25, 0.3) is 6.43 Å². The van der Waals surface area contributed by atoms with Crippen LogP contribution in [0.2, 0.25) is 5.02 Å². The van der Waals surface area contributed by atoms with Crippen molar-refractivity contribution in [2.75, 3.05) is 0 Å². The summed E-state index contributed by atoms with van der Waals surface area (Å²) in [5.41, 5.74) is -0.887. The van der Waals surface area contributed by atoms with Crippen LogP contribution in [-0.2, 0) is 6.42 Å². The quantitative estimate of drug-likeness (QED) is 0.768. The van der Waals surface area contributed by atoms with Crippen LogP contribution >= 0.6 is 11.6 Å². The molecule has 0 bridgehead atoms. The molecule has 14 heavy (non-hydrogen) atoms. The van der Waals surface area contributed by atoms with Crippen LogP contribution in [0.3, 0.4) is 0 Å². The number of hydrogen-bond acceptors (Lipinski definition) is 2. The zero-order valence-electron chi connectivity index (χ0n) is 6.77. The Morgan fingerprint density at radius 3 is 2.71 bits per heavy atom. The molecule has 0 N–H and O–H groups in total. The zero-order valence-corrected chi connectivity index (χ0v) is 7.52. The second-order valence-corrected chi connectivity index (χ2v) is 2.80. The molecule has 0 fully saturated rings. The van der Waals surface area contributed by atoms with E-state index < -0.39 is 23.0 Å². The summed E-state index contributed by atoms with van der Waals surface area (Å²) in [5.74, 6) is -0.902. The summed E-state index contributed by atoms with van der Waals surface area (Å²) >= 11 is 5.42. The fourth-order valence-electron chi connectivity index (χ4n) is 0.953. The third-order valence-corrected chi connectivity index (χ3v) is 1.97. The van der Waals surface area contributed by atoms with Crippen molar-refractivity contribution >= 4 is 11.6 Å². The van der Waals surface area contributed by atoms with Gasteiger partial charge < -0.3 is 0 Å². The van der Waals surface area contributed by atoms with Crippen LogP contribution in [-0.4, -0.2) is 4.98 Å². The number of pyridine rings is 1. The predicted octanol–water partition coefficient (Wildman–Crippen LogP) is 2.88. The average molecular weight is 221 g/mol. The first kappa shape index (κ1) is 10.8. The summed E-state index contributed by atoms with van der Waals surface area (Å²) in [6, 6.07) is 1.62. The fraction of sp³-hybridized carbons (Fsp3) is 0.250. The van der Waals surface area contributed by atoms with Crippen LogP contribution in [0, 0.1) is 17.1 Å². The molecular weight excluding hydrogens is 217 g/mol. The third kappa shape index (κ3) is 1.96. The van der Waals surface area contributed by atoms with E-state index in [-0.39, 0.29) is 12.0 Å². The molecule has 2 nitrogen and oxygen atoms in total. The second-order valence-electron chi connectivity index (χ2n) is 2.42. The molecule has 0 amide bonds. The summed E-state index contributed by atoms with van der Waals surface area (Å²) in [4.78, 5) is 3.20. The van der Waals surface area contributed by atoms with Crippen LogP contribution < -0.4 is 0 Å². The molecule has 1 aromatic rings. The van der Waals surface area contributed by atoms with Gasteiger partial charge in [0.1, 0.15) is 5.69 Å². The normalized spacial score (nSPS) is 10.3. The number of aromatic nitrogens is 1. The van der Waals surface area contributed by atoms with Gasteiger partial charge in [0.2, 0.25) is 0 Å². The van der Waals surface area contributed by atoms with E-state index in [2.05, 4.69) is 4.98 Å². The lowest BCUT2D eigenvalue weighted by atomic mass is 10.1. The number of alkyl halides is 2. The predicted molar refractivity (Wildman–Crippen MR) is 43.5 cm³/mol. The van der Waals surface area contributed by atoms with Crippen molar-refractivity contribution < 1.29 is 13.2 Å². The monoisotopic (exact) mass is 220 g/mol. The second kappa shape index (κ2) is 4.29. The Bertz CT molecular complexity index is 387. The summed E-state index contributed by atoms with van der Waals surface area (Å²) in [5, 5.41) is 7.88. The van der Waals surface area contributed by atoms with Crippen molar-refractivity contribution in [2.24, 2.45) is 0 Å². The van der Waals surface area contributed by atoms with E-state index in [9.17, 15) is 13.2 Å². The molecule has 0 aliphatic carbocycles. The molecular formula is C8H4ClF3N2. The van der Waals surface area contributed by atoms with Crippen LogP contribution in [0.15, 0.2) is 6.20 Å². The van der Waals surface area contributed by atoms with E-state index in [0.29, 0.717) is 6.20 Å². The van der Waals surface area contributed by atoms with E-state index in [1.807, 2.05) is 0 Å². The Morgan fingerprint density at radius 2 is 2.21 bits per heavy atom. The minimum Gasteiger partial charge on any atom is -0.252 e. The summed E-state index contributed by atoms with van der Waals surface area (Å²) in [6.07, 6.45) is -2.63. The lowest BCUT2D eigenvalue weighted by Gasteiger charge is -2.06. The Balaban J connectivity index is 3.31. The topological polar surface area (TPSA) is 36.7 Å². The molecule has 0 unspecified atom stereocenters. The van der Waals surface area contributed by atoms with Crippen molar-refractivity contribution in [3.05, 3.63) is 28.3 Å². The zero-order chi connectivity index (χ0) is 10.7. The maximum absolute atomic E-state index is 12.8. The van der Waals surface area contributed by atoms with Crippen LogP contribution in [0.25, 0.3) is 0 Å². The van der Waals surface area contributed by atoms with E-state index >= 15 is 0 Å². The van der Waals surface area contributed by atoms with E-state index in [1.54, 1.807) is 6.07 Å². The van der Waals surface area contributed by atoms with E-state index in [1.165, 1.54) is 0 Å². The van der Waals surface area contributed by atoms with Gasteiger partial charge in [0, 0.05) is 5.56 Å². The first-order valence-electron chi connectivity index (χ1n) is 3.55. The number of hydrogen-bond donors (Lipinski definition) is 0. The van der Waals surface area contributed by atoms with Crippen LogP contribution in [0.5, 0.6) is 0 Å². The lowest BCUT2D eigenvalue weighted by molar-refractivity contribution is 0.145. The van der Waals surface area contributed by atoms with Crippen molar-refractivity contribution in [3.8, 4) is 6.07 Å². The first-order chi connectivity index (χ1) is 6.57. The molecule has 1 heterocycles. The van der Waals surface area contributed by atoms with Gasteiger partial charge in [-0.2, -0.15) is 5.26 Å². The molecule has 0 saturated carbocycles. The minimum absolute atomic E-state index is 0.246. The van der Waals surface area contributed by atoms with Gasteiger partial charge in [0.15, 0.2) is 5.82 Å². The number of nitrogens with zero attached hydrogens (tertiary/aromatic N) is 2. The van der Waals surface area contributed by atoms with Crippen molar-refractivity contribution in [1.82, 2.24) is 4.98 Å². The Labute approximate surface area is 82.9 Å². The van der Waals surface area contributed by atoms with Crippen LogP contribution in [0.4, 0.5) is 13.2 Å². The van der Waals surface area contributed by atoms with Gasteiger partial charge in [0.05, 0.1) is 23.7 Å². The van der Waals surface area contributed by atoms with Crippen LogP contribution in [0.1, 0.15) is 17.7 Å². The highest BCUT2D eigenvalue weighted by atomic mass is 35.5. The molecule has 0 aliphatic rings. The standard InChI is InChI=1S/C8H4ClF3N2/c9-6-4(1-2-13)7(8(11)12)14-3-5(6)10/h3,8H,1H2. The van der Waals surface area contributed by atoms with Gasteiger partial charge in [-0.25, -0.2) is 13.2 Å². The SMILES string of the molecule is N#CCc1c(C(F)F)ncc(F)c1Cl. The van der Waals surface area contributed by atoms with Crippen molar-refractivity contribution in [1.29, 1.82) is 5.26 Å². The molecule has 0 aliphatic heterocycles. The van der Waals surface area contributed by atoms with E-state index in [0.717, 1.165) is 0 Å². The maximum Gasteiger partial charge on any atom is 0.280 e. The third-order valence-electron chi connectivity index (χ3n) is 1.56. The van der Waals surface area contributed by atoms with Gasteiger partial charge in [-0.05, 0) is 0 Å². The first-order valence-corrected chi connectivity index (χ1v) is 3.93. The van der Waals surface area contributed by atoms with Gasteiger partial charge in [-0.15, -0.1) is 0 Å². The van der Waals surface area contributed by atoms with Gasteiger partial charge >= 0.3 is 0 Å². The van der Waals surface area contributed by atoms with Crippen molar-refractivity contribution in [3.63, 3.8) is 0 Å². The lowest BCUT2D eigenvalue weighted by Crippen LogP contribution is -2.01. The largest absolute Gasteiger partial charge is 0.280 e. The summed E-state index contributed by atoms with van der Waals surface area (Å²) in [7, 11) is 0. The Morgan fingerprint density at radius 1 is 1.57 bits per heavy atom. The molecule has 1 aromatic heterocycles. The molecule has 0 aromatic carbocycles. The molecule has 1 rings (SSSR count). The van der Waals surface area contributed by atoms with Gasteiger partial charge in [-0.3, -0.25) is 4.98 Å². The molecule has 0 saturated heterocycles. The highest BCUT2D eigenvalue weighted by Crippen LogP contribution is 2.28. The Hall–Kier alpha value is -1.28. The molecule has 0 atom stereocenters. The Kier molecular flexibility index (Phi) is 3.31. The van der Waals surface area contributed by atoms with E-state index in [4.69, 9.17) is 16.9 Å². The van der Waals surface area contributed by atoms with Crippen molar-refractivity contribution in [2.45, 2.75) is 12.8 Å². The molecule has 74 valence electrons. The average Bonchev–Trinajstić information content (AvgIpc) is 2.13. The molecule has 6 heteroatoms. The molecule has 0 spiro atoms. The maximum atomic E-state index is 12.8.